The lowest BCUT2D eigenvalue weighted by Gasteiger charge is -2.33. The van der Waals surface area contributed by atoms with Crippen LogP contribution in [0.3, 0.4) is 0 Å². The normalized spacial score (nSPS) is 19.4. The Bertz CT molecular complexity index is 566. The van der Waals surface area contributed by atoms with E-state index < -0.39 is 6.04 Å². The molecule has 2 fully saturated rings. The van der Waals surface area contributed by atoms with Crippen molar-refractivity contribution >= 4 is 11.9 Å². The molecule has 1 aromatic carbocycles. The van der Waals surface area contributed by atoms with Crippen LogP contribution < -0.4 is 10.6 Å². The number of urea groups is 1. The molecule has 2 saturated heterocycles. The minimum Gasteiger partial charge on any atom is -0.338 e. The second-order valence-corrected chi connectivity index (χ2v) is 6.81. The van der Waals surface area contributed by atoms with Gasteiger partial charge in [0.15, 0.2) is 0 Å². The van der Waals surface area contributed by atoms with Gasteiger partial charge in [-0.1, -0.05) is 30.3 Å². The van der Waals surface area contributed by atoms with Crippen molar-refractivity contribution in [1.29, 1.82) is 0 Å². The molecule has 6 heteroatoms. The molecule has 0 aromatic heterocycles. The zero-order valence-electron chi connectivity index (χ0n) is 14.7. The van der Waals surface area contributed by atoms with Gasteiger partial charge in [-0.2, -0.15) is 0 Å². The second kappa shape index (κ2) is 8.85. The molecule has 1 aromatic rings. The number of carbonyl (C=O) groups excluding carboxylic acids is 2. The molecule has 2 N–H and O–H groups in total. The summed E-state index contributed by atoms with van der Waals surface area (Å²) in [4.78, 5) is 29.3. The zero-order valence-corrected chi connectivity index (χ0v) is 14.7. The molecule has 0 bridgehead atoms. The largest absolute Gasteiger partial charge is 0.338 e. The van der Waals surface area contributed by atoms with Crippen LogP contribution in [0.25, 0.3) is 0 Å². The van der Waals surface area contributed by atoms with Crippen LogP contribution in [0, 0.1) is 0 Å². The van der Waals surface area contributed by atoms with Crippen LogP contribution in [0.5, 0.6) is 0 Å². The molecule has 25 heavy (non-hydrogen) atoms. The maximum atomic E-state index is 13.0. The highest BCUT2D eigenvalue weighted by molar-refractivity contribution is 5.87. The van der Waals surface area contributed by atoms with Gasteiger partial charge in [-0.3, -0.25) is 4.79 Å². The highest BCUT2D eigenvalue weighted by Gasteiger charge is 2.29. The predicted octanol–water partition coefficient (Wildman–Crippen LogP) is 1.22. The number of nitrogens with one attached hydrogen (secondary N) is 2. The van der Waals surface area contributed by atoms with Gasteiger partial charge >= 0.3 is 6.03 Å². The first-order valence-corrected chi connectivity index (χ1v) is 9.33. The zero-order chi connectivity index (χ0) is 17.5. The van der Waals surface area contributed by atoms with E-state index in [2.05, 4.69) is 10.6 Å². The molecule has 2 aliphatic heterocycles. The number of piperidine rings is 1. The van der Waals surface area contributed by atoms with Crippen molar-refractivity contribution in [2.75, 3.05) is 39.3 Å². The monoisotopic (exact) mass is 344 g/mol. The Morgan fingerprint density at radius 1 is 0.960 bits per heavy atom. The van der Waals surface area contributed by atoms with E-state index in [1.165, 1.54) is 6.42 Å². The molecule has 1 unspecified atom stereocenters. The number of benzene rings is 1. The molecule has 2 heterocycles. The van der Waals surface area contributed by atoms with E-state index >= 15 is 0 Å². The van der Waals surface area contributed by atoms with E-state index in [1.807, 2.05) is 40.1 Å². The van der Waals surface area contributed by atoms with Crippen LogP contribution in [0.1, 0.15) is 24.8 Å². The van der Waals surface area contributed by atoms with Gasteiger partial charge in [-0.05, 0) is 24.8 Å². The molecule has 1 atom stereocenters. The lowest BCUT2D eigenvalue weighted by molar-refractivity contribution is -0.133. The van der Waals surface area contributed by atoms with Crippen molar-refractivity contribution in [1.82, 2.24) is 20.4 Å². The number of piperazine rings is 1. The summed E-state index contributed by atoms with van der Waals surface area (Å²) in [6.45, 7) is 4.58. The number of amides is 3. The molecular weight excluding hydrogens is 316 g/mol. The van der Waals surface area contributed by atoms with Gasteiger partial charge in [0.1, 0.15) is 6.04 Å². The van der Waals surface area contributed by atoms with Gasteiger partial charge in [0.05, 0.1) is 0 Å². The minimum atomic E-state index is -0.505. The summed E-state index contributed by atoms with van der Waals surface area (Å²) in [5.41, 5.74) is 1.06. The Kier molecular flexibility index (Phi) is 6.28. The van der Waals surface area contributed by atoms with Crippen molar-refractivity contribution in [3.05, 3.63) is 35.9 Å². The fourth-order valence-corrected chi connectivity index (χ4v) is 3.49. The SMILES string of the molecule is O=C(NC(Cc1ccccc1)C(=O)N1CCNCC1)N1CCCCC1. The van der Waals surface area contributed by atoms with Gasteiger partial charge in [0.25, 0.3) is 0 Å². The minimum absolute atomic E-state index is 0.0238. The Balaban J connectivity index is 1.68. The fraction of sp³-hybridized carbons (Fsp3) is 0.579. The van der Waals surface area contributed by atoms with E-state index in [4.69, 9.17) is 0 Å². The number of likely N-dealkylation sites (tertiary alicyclic amines) is 1. The summed E-state index contributed by atoms with van der Waals surface area (Å²) in [5, 5.41) is 6.27. The Morgan fingerprint density at radius 2 is 1.64 bits per heavy atom. The average molecular weight is 344 g/mol. The van der Waals surface area contributed by atoms with Crippen LogP contribution in [-0.2, 0) is 11.2 Å². The van der Waals surface area contributed by atoms with Crippen LogP contribution >= 0.6 is 0 Å². The number of hydrogen-bond acceptors (Lipinski definition) is 3. The number of rotatable bonds is 4. The number of carbonyl (C=O) groups is 2. The van der Waals surface area contributed by atoms with Crippen LogP contribution in [0.4, 0.5) is 4.79 Å². The Labute approximate surface area is 149 Å². The maximum absolute atomic E-state index is 13.0. The standard InChI is InChI=1S/C19H28N4O2/c24-18(22-13-9-20-10-14-22)17(15-16-7-3-1-4-8-16)21-19(25)23-11-5-2-6-12-23/h1,3-4,7-8,17,20H,2,5-6,9-15H2,(H,21,25). The lowest BCUT2D eigenvalue weighted by atomic mass is 10.0. The molecule has 3 amide bonds. The van der Waals surface area contributed by atoms with Crippen molar-refractivity contribution in [3.63, 3.8) is 0 Å². The van der Waals surface area contributed by atoms with Crippen LogP contribution in [-0.4, -0.2) is 67.0 Å². The summed E-state index contributed by atoms with van der Waals surface area (Å²) < 4.78 is 0. The number of nitrogens with zero attached hydrogens (tertiary/aromatic N) is 2. The summed E-state index contributed by atoms with van der Waals surface area (Å²) in [6, 6.07) is 9.29. The second-order valence-electron chi connectivity index (χ2n) is 6.81. The van der Waals surface area contributed by atoms with Gasteiger partial charge in [0.2, 0.25) is 5.91 Å². The predicted molar refractivity (Wildman–Crippen MR) is 97.3 cm³/mol. The first kappa shape index (κ1) is 17.7. The highest BCUT2D eigenvalue weighted by Crippen LogP contribution is 2.11. The molecule has 3 rings (SSSR count). The average Bonchev–Trinajstić information content (AvgIpc) is 2.69. The van der Waals surface area contributed by atoms with Crippen molar-refractivity contribution in [3.8, 4) is 0 Å². The van der Waals surface area contributed by atoms with Crippen molar-refractivity contribution < 1.29 is 9.59 Å². The Hall–Kier alpha value is -2.08. The quantitative estimate of drug-likeness (QED) is 0.863. The molecular formula is C19H28N4O2. The summed E-state index contributed by atoms with van der Waals surface area (Å²) in [5.74, 6) is 0.0238. The van der Waals surface area contributed by atoms with Gasteiger partial charge in [-0.15, -0.1) is 0 Å². The van der Waals surface area contributed by atoms with Gasteiger partial charge in [-0.25, -0.2) is 4.79 Å². The van der Waals surface area contributed by atoms with Crippen molar-refractivity contribution in [2.24, 2.45) is 0 Å². The van der Waals surface area contributed by atoms with Crippen LogP contribution in [0.15, 0.2) is 30.3 Å². The van der Waals surface area contributed by atoms with Crippen LogP contribution in [0.2, 0.25) is 0 Å². The van der Waals surface area contributed by atoms with E-state index in [9.17, 15) is 9.59 Å². The van der Waals surface area contributed by atoms with Gasteiger partial charge in [0, 0.05) is 45.7 Å². The summed E-state index contributed by atoms with van der Waals surface area (Å²) in [7, 11) is 0. The molecule has 0 aliphatic carbocycles. The first-order chi connectivity index (χ1) is 12.2. The number of hydrogen-bond donors (Lipinski definition) is 2. The third-order valence-electron chi connectivity index (χ3n) is 4.95. The fourth-order valence-electron chi connectivity index (χ4n) is 3.49. The molecule has 0 spiro atoms. The van der Waals surface area contributed by atoms with E-state index in [0.29, 0.717) is 19.5 Å². The highest BCUT2D eigenvalue weighted by atomic mass is 16.2. The lowest BCUT2D eigenvalue weighted by Crippen LogP contribution is -2.56. The van der Waals surface area contributed by atoms with E-state index in [-0.39, 0.29) is 11.9 Å². The molecule has 2 aliphatic rings. The summed E-state index contributed by atoms with van der Waals surface area (Å²) >= 11 is 0. The molecule has 0 saturated carbocycles. The third kappa shape index (κ3) is 4.95. The van der Waals surface area contributed by atoms with Gasteiger partial charge < -0.3 is 20.4 Å². The topological polar surface area (TPSA) is 64.7 Å². The third-order valence-corrected chi connectivity index (χ3v) is 4.95. The molecule has 0 radical (unpaired) electrons. The molecule has 136 valence electrons. The van der Waals surface area contributed by atoms with E-state index in [0.717, 1.165) is 44.6 Å². The summed E-state index contributed by atoms with van der Waals surface area (Å²) in [6.07, 6.45) is 3.80. The first-order valence-electron chi connectivity index (χ1n) is 9.33. The smallest absolute Gasteiger partial charge is 0.318 e. The van der Waals surface area contributed by atoms with Crippen molar-refractivity contribution in [2.45, 2.75) is 31.7 Å². The molecule has 6 nitrogen and oxygen atoms in total. The maximum Gasteiger partial charge on any atom is 0.318 e. The Morgan fingerprint density at radius 3 is 2.32 bits per heavy atom. The van der Waals surface area contributed by atoms with E-state index in [1.54, 1.807) is 0 Å².